The Kier molecular flexibility index (Phi) is 4.05. The molecular weight excluding hydrogens is 240 g/mol. The van der Waals surface area contributed by atoms with Gasteiger partial charge in [-0.15, -0.1) is 5.10 Å². The Bertz CT molecular complexity index is 341. The van der Waals surface area contributed by atoms with Crippen LogP contribution in [0.2, 0.25) is 0 Å². The fourth-order valence-electron chi connectivity index (χ4n) is 1.91. The van der Waals surface area contributed by atoms with Gasteiger partial charge in [0.1, 0.15) is 10.7 Å². The third-order valence-corrected chi connectivity index (χ3v) is 5.27. The van der Waals surface area contributed by atoms with E-state index in [2.05, 4.69) is 45.4 Å². The van der Waals surface area contributed by atoms with Crippen molar-refractivity contribution in [3.05, 3.63) is 5.69 Å². The zero-order valence-electron chi connectivity index (χ0n) is 9.93. The molecule has 0 amide bonds. The lowest BCUT2D eigenvalue weighted by atomic mass is 10.2. The predicted octanol–water partition coefficient (Wildman–Crippen LogP) is 1.91. The van der Waals surface area contributed by atoms with Crippen LogP contribution in [-0.2, 0) is 6.54 Å². The van der Waals surface area contributed by atoms with Crippen molar-refractivity contribution in [3.63, 3.8) is 0 Å². The summed E-state index contributed by atoms with van der Waals surface area (Å²) in [7, 11) is 1.93. The molecule has 2 atom stereocenters. The Labute approximate surface area is 105 Å². The van der Waals surface area contributed by atoms with Gasteiger partial charge in [0.25, 0.3) is 0 Å². The van der Waals surface area contributed by atoms with Gasteiger partial charge >= 0.3 is 0 Å². The van der Waals surface area contributed by atoms with E-state index < -0.39 is 0 Å². The lowest BCUT2D eigenvalue weighted by Crippen LogP contribution is -2.44. The van der Waals surface area contributed by atoms with Gasteiger partial charge in [0.2, 0.25) is 0 Å². The minimum absolute atomic E-state index is 0.616. The second-order valence-electron chi connectivity index (χ2n) is 4.09. The second-order valence-corrected chi connectivity index (χ2v) is 6.33. The number of rotatable bonds is 3. The number of nitrogens with zero attached hydrogens (tertiary/aromatic N) is 3. The average Bonchev–Trinajstić information content (AvgIpc) is 2.72. The highest BCUT2D eigenvalue weighted by atomic mass is 32.2. The first-order valence-corrected chi connectivity index (χ1v) is 7.39. The van der Waals surface area contributed by atoms with Gasteiger partial charge in [0, 0.05) is 48.7 Å². The summed E-state index contributed by atoms with van der Waals surface area (Å²) in [5, 5.41) is 9.15. The molecule has 1 saturated heterocycles. The first-order chi connectivity index (χ1) is 7.72. The number of aromatic nitrogens is 2. The molecule has 0 saturated carbocycles. The highest BCUT2D eigenvalue weighted by molar-refractivity contribution is 8.00. The van der Waals surface area contributed by atoms with E-state index in [0.717, 1.165) is 23.8 Å². The molecule has 16 heavy (non-hydrogen) atoms. The van der Waals surface area contributed by atoms with Crippen LogP contribution in [0.15, 0.2) is 0 Å². The molecule has 2 rings (SSSR count). The van der Waals surface area contributed by atoms with E-state index in [1.54, 1.807) is 0 Å². The Balaban J connectivity index is 2.03. The van der Waals surface area contributed by atoms with E-state index in [-0.39, 0.29) is 0 Å². The normalized spacial score (nSPS) is 26.9. The lowest BCUT2D eigenvalue weighted by Gasteiger charge is -2.37. The number of hydrogen-bond donors (Lipinski definition) is 1. The summed E-state index contributed by atoms with van der Waals surface area (Å²) in [4.78, 5) is 2.50. The summed E-state index contributed by atoms with van der Waals surface area (Å²) in [5.74, 6) is 1.22. The monoisotopic (exact) mass is 258 g/mol. The lowest BCUT2D eigenvalue weighted by molar-refractivity contribution is 0.202. The molecule has 1 N–H and O–H groups in total. The van der Waals surface area contributed by atoms with Crippen LogP contribution >= 0.6 is 23.3 Å². The molecule has 1 aliphatic rings. The molecule has 4 nitrogen and oxygen atoms in total. The second kappa shape index (κ2) is 5.33. The van der Waals surface area contributed by atoms with Crippen LogP contribution in [0.3, 0.4) is 0 Å². The molecule has 2 heterocycles. The standard InChI is InChI=1S/C10H18N4S2/c1-7-8(2)15-5-4-14(7)6-9-10(11-3)16-13-12-9/h7-8,11H,4-6H2,1-3H3. The van der Waals surface area contributed by atoms with Crippen molar-refractivity contribution in [2.75, 3.05) is 24.7 Å². The van der Waals surface area contributed by atoms with Gasteiger partial charge in [-0.3, -0.25) is 4.90 Å². The molecule has 0 spiro atoms. The summed E-state index contributed by atoms with van der Waals surface area (Å²) in [6.07, 6.45) is 0. The van der Waals surface area contributed by atoms with Gasteiger partial charge in [-0.2, -0.15) is 11.8 Å². The number of hydrogen-bond acceptors (Lipinski definition) is 6. The Morgan fingerprint density at radius 1 is 1.50 bits per heavy atom. The first-order valence-electron chi connectivity index (χ1n) is 5.57. The zero-order chi connectivity index (χ0) is 11.5. The maximum atomic E-state index is 4.20. The number of thioether (sulfide) groups is 1. The van der Waals surface area contributed by atoms with Crippen LogP contribution in [-0.4, -0.2) is 45.1 Å². The van der Waals surface area contributed by atoms with E-state index >= 15 is 0 Å². The highest BCUT2D eigenvalue weighted by Crippen LogP contribution is 2.27. The van der Waals surface area contributed by atoms with Crippen LogP contribution in [0, 0.1) is 0 Å². The summed E-state index contributed by atoms with van der Waals surface area (Å²) in [5.41, 5.74) is 1.08. The molecule has 1 aliphatic heterocycles. The number of anilines is 1. The van der Waals surface area contributed by atoms with Crippen LogP contribution in [0.4, 0.5) is 5.00 Å². The van der Waals surface area contributed by atoms with E-state index in [0.29, 0.717) is 11.3 Å². The van der Waals surface area contributed by atoms with Crippen LogP contribution in [0.5, 0.6) is 0 Å². The van der Waals surface area contributed by atoms with Gasteiger partial charge in [-0.1, -0.05) is 11.4 Å². The minimum Gasteiger partial charge on any atom is -0.377 e. The largest absolute Gasteiger partial charge is 0.377 e. The molecular formula is C10H18N4S2. The molecule has 1 fully saturated rings. The van der Waals surface area contributed by atoms with Gasteiger partial charge in [-0.05, 0) is 6.92 Å². The van der Waals surface area contributed by atoms with Gasteiger partial charge in [-0.25, -0.2) is 0 Å². The van der Waals surface area contributed by atoms with Crippen LogP contribution in [0.25, 0.3) is 0 Å². The van der Waals surface area contributed by atoms with E-state index in [1.807, 2.05) is 7.05 Å². The molecule has 0 aliphatic carbocycles. The maximum Gasteiger partial charge on any atom is 0.134 e. The highest BCUT2D eigenvalue weighted by Gasteiger charge is 2.26. The van der Waals surface area contributed by atoms with Crippen molar-refractivity contribution in [1.29, 1.82) is 0 Å². The summed E-state index contributed by atoms with van der Waals surface area (Å²) in [6.45, 7) is 6.67. The van der Waals surface area contributed by atoms with Gasteiger partial charge in [0.15, 0.2) is 0 Å². The smallest absolute Gasteiger partial charge is 0.134 e. The molecule has 0 bridgehead atoms. The summed E-state index contributed by atoms with van der Waals surface area (Å²) < 4.78 is 4.00. The fraction of sp³-hybridized carbons (Fsp3) is 0.800. The van der Waals surface area contributed by atoms with Crippen molar-refractivity contribution in [1.82, 2.24) is 14.5 Å². The van der Waals surface area contributed by atoms with Gasteiger partial charge in [0.05, 0.1) is 0 Å². The molecule has 90 valence electrons. The SMILES string of the molecule is CNc1snnc1CN1CCSC(C)C1C. The van der Waals surface area contributed by atoms with Crippen molar-refractivity contribution < 1.29 is 0 Å². The predicted molar refractivity (Wildman–Crippen MR) is 71.2 cm³/mol. The average molecular weight is 258 g/mol. The van der Waals surface area contributed by atoms with Crippen molar-refractivity contribution >= 4 is 28.3 Å². The molecule has 2 unspecified atom stereocenters. The van der Waals surface area contributed by atoms with Crippen molar-refractivity contribution in [2.45, 2.75) is 31.7 Å². The maximum absolute atomic E-state index is 4.20. The summed E-state index contributed by atoms with van der Waals surface area (Å²) >= 11 is 3.50. The van der Waals surface area contributed by atoms with E-state index in [4.69, 9.17) is 0 Å². The molecule has 6 heteroatoms. The Hall–Kier alpha value is -0.330. The van der Waals surface area contributed by atoms with Crippen LogP contribution < -0.4 is 5.32 Å². The molecule has 0 radical (unpaired) electrons. The quantitative estimate of drug-likeness (QED) is 0.897. The third kappa shape index (κ3) is 2.49. The minimum atomic E-state index is 0.616. The Morgan fingerprint density at radius 2 is 2.31 bits per heavy atom. The molecule has 1 aromatic heterocycles. The van der Waals surface area contributed by atoms with E-state index in [9.17, 15) is 0 Å². The topological polar surface area (TPSA) is 41.1 Å². The Morgan fingerprint density at radius 3 is 3.06 bits per heavy atom. The van der Waals surface area contributed by atoms with Crippen molar-refractivity contribution in [2.24, 2.45) is 0 Å². The van der Waals surface area contributed by atoms with Crippen LogP contribution in [0.1, 0.15) is 19.5 Å². The van der Waals surface area contributed by atoms with E-state index in [1.165, 1.54) is 17.3 Å². The molecule has 1 aromatic rings. The first kappa shape index (κ1) is 12.1. The van der Waals surface area contributed by atoms with Gasteiger partial charge < -0.3 is 5.32 Å². The zero-order valence-corrected chi connectivity index (χ0v) is 11.6. The summed E-state index contributed by atoms with van der Waals surface area (Å²) in [6, 6.07) is 0.616. The third-order valence-electron chi connectivity index (χ3n) is 3.15. The number of nitrogens with one attached hydrogen (secondary N) is 1. The fourth-order valence-corrected chi connectivity index (χ4v) is 3.60. The van der Waals surface area contributed by atoms with Crippen molar-refractivity contribution in [3.8, 4) is 0 Å². The molecule has 0 aromatic carbocycles.